The highest BCUT2D eigenvalue weighted by atomic mass is 32.2. The van der Waals surface area contributed by atoms with Crippen LogP contribution in [0.3, 0.4) is 0 Å². The smallest absolute Gasteiger partial charge is 0.231 e. The number of amides is 1. The molecule has 1 aromatic carbocycles. The molecule has 1 aromatic heterocycles. The Bertz CT molecular complexity index is 1010. The number of sulfone groups is 1. The van der Waals surface area contributed by atoms with Crippen molar-refractivity contribution in [1.82, 2.24) is 14.9 Å². The van der Waals surface area contributed by atoms with E-state index in [9.17, 15) is 13.2 Å². The van der Waals surface area contributed by atoms with Crippen LogP contribution < -0.4 is 9.47 Å². The molecule has 28 heavy (non-hydrogen) atoms. The molecule has 0 spiro atoms. The first-order chi connectivity index (χ1) is 13.4. The Morgan fingerprint density at radius 3 is 2.93 bits per heavy atom. The van der Waals surface area contributed by atoms with Crippen LogP contribution >= 0.6 is 0 Å². The van der Waals surface area contributed by atoms with Crippen LogP contribution in [0, 0.1) is 0 Å². The molecule has 4 rings (SSSR count). The Kier molecular flexibility index (Phi) is 4.92. The number of carbonyl (C=O) groups is 1. The van der Waals surface area contributed by atoms with E-state index in [1.165, 1.54) is 12.5 Å². The second-order valence-electron chi connectivity index (χ2n) is 7.09. The summed E-state index contributed by atoms with van der Waals surface area (Å²) in [6.45, 7) is 1.30. The zero-order valence-electron chi connectivity index (χ0n) is 15.5. The van der Waals surface area contributed by atoms with Gasteiger partial charge < -0.3 is 14.4 Å². The summed E-state index contributed by atoms with van der Waals surface area (Å²) in [6.07, 6.45) is 5.69. The quantitative estimate of drug-likeness (QED) is 0.764. The van der Waals surface area contributed by atoms with Gasteiger partial charge in [-0.2, -0.15) is 0 Å². The third-order valence-corrected chi connectivity index (χ3v) is 6.17. The van der Waals surface area contributed by atoms with Crippen LogP contribution in [0.25, 0.3) is 0 Å². The van der Waals surface area contributed by atoms with Crippen LogP contribution in [0.2, 0.25) is 0 Å². The van der Waals surface area contributed by atoms with Gasteiger partial charge in [0.25, 0.3) is 0 Å². The molecule has 0 bridgehead atoms. The second kappa shape index (κ2) is 7.38. The number of likely N-dealkylation sites (tertiary alicyclic amines) is 1. The lowest BCUT2D eigenvalue weighted by molar-refractivity contribution is -0.131. The van der Waals surface area contributed by atoms with Crippen molar-refractivity contribution >= 4 is 15.7 Å². The zero-order valence-corrected chi connectivity index (χ0v) is 16.3. The molecule has 148 valence electrons. The summed E-state index contributed by atoms with van der Waals surface area (Å²) in [4.78, 5) is 22.8. The van der Waals surface area contributed by atoms with Crippen LogP contribution in [-0.4, -0.2) is 55.3 Å². The molecule has 9 heteroatoms. The molecule has 1 unspecified atom stereocenters. The maximum atomic E-state index is 12.8. The van der Waals surface area contributed by atoms with E-state index < -0.39 is 9.84 Å². The minimum Gasteiger partial charge on any atom is -0.454 e. The number of carbonyl (C=O) groups excluding carboxylic acids is 1. The third kappa shape index (κ3) is 3.80. The average Bonchev–Trinajstić information content (AvgIpc) is 3.15. The van der Waals surface area contributed by atoms with Crippen molar-refractivity contribution in [1.29, 1.82) is 0 Å². The number of fused-ring (bicyclic) bond motifs is 1. The van der Waals surface area contributed by atoms with Gasteiger partial charge in [0.05, 0.1) is 12.1 Å². The average molecular weight is 403 g/mol. The van der Waals surface area contributed by atoms with E-state index in [1.807, 2.05) is 18.2 Å². The molecule has 1 fully saturated rings. The fraction of sp³-hybridized carbons (Fsp3) is 0.421. The van der Waals surface area contributed by atoms with Crippen molar-refractivity contribution in [3.63, 3.8) is 0 Å². The van der Waals surface area contributed by atoms with Crippen molar-refractivity contribution in [3.8, 4) is 11.5 Å². The highest BCUT2D eigenvalue weighted by molar-refractivity contribution is 7.90. The number of hydrogen-bond acceptors (Lipinski definition) is 7. The molecule has 1 saturated heterocycles. The van der Waals surface area contributed by atoms with Crippen LogP contribution in [0.4, 0.5) is 0 Å². The van der Waals surface area contributed by atoms with E-state index >= 15 is 0 Å². The lowest BCUT2D eigenvalue weighted by atomic mass is 9.94. The van der Waals surface area contributed by atoms with Gasteiger partial charge in [-0.3, -0.25) is 4.79 Å². The summed E-state index contributed by atoms with van der Waals surface area (Å²) >= 11 is 0. The van der Waals surface area contributed by atoms with E-state index in [1.54, 1.807) is 4.90 Å². The molecule has 0 radical (unpaired) electrons. The summed E-state index contributed by atoms with van der Waals surface area (Å²) in [6, 6.07) is 5.50. The minimum atomic E-state index is -3.43. The predicted octanol–water partition coefficient (Wildman–Crippen LogP) is 1.56. The Balaban J connectivity index is 1.49. The van der Waals surface area contributed by atoms with Crippen LogP contribution in [0.5, 0.6) is 11.5 Å². The largest absolute Gasteiger partial charge is 0.454 e. The maximum absolute atomic E-state index is 12.8. The van der Waals surface area contributed by atoms with Crippen molar-refractivity contribution in [2.45, 2.75) is 30.1 Å². The summed E-state index contributed by atoms with van der Waals surface area (Å²) in [7, 11) is -3.43. The topological polar surface area (TPSA) is 98.7 Å². The van der Waals surface area contributed by atoms with E-state index in [-0.39, 0.29) is 29.9 Å². The summed E-state index contributed by atoms with van der Waals surface area (Å²) in [5.74, 6) is 1.22. The first-order valence-corrected chi connectivity index (χ1v) is 11.0. The molecule has 1 atom stereocenters. The van der Waals surface area contributed by atoms with Gasteiger partial charge in [0.1, 0.15) is 11.2 Å². The van der Waals surface area contributed by atoms with E-state index in [2.05, 4.69) is 9.97 Å². The lowest BCUT2D eigenvalue weighted by Crippen LogP contribution is -2.40. The van der Waals surface area contributed by atoms with Gasteiger partial charge in [-0.1, -0.05) is 6.07 Å². The fourth-order valence-corrected chi connectivity index (χ4v) is 4.53. The molecule has 1 amide bonds. The summed E-state index contributed by atoms with van der Waals surface area (Å²) in [5, 5.41) is 0. The van der Waals surface area contributed by atoms with Gasteiger partial charge >= 0.3 is 0 Å². The van der Waals surface area contributed by atoms with Crippen LogP contribution in [0.1, 0.15) is 30.0 Å². The third-order valence-electron chi connectivity index (χ3n) is 5.06. The van der Waals surface area contributed by atoms with Gasteiger partial charge in [0.2, 0.25) is 12.7 Å². The summed E-state index contributed by atoms with van der Waals surface area (Å²) in [5.41, 5.74) is 1.35. The molecule has 8 nitrogen and oxygen atoms in total. The minimum absolute atomic E-state index is 0.00136. The summed E-state index contributed by atoms with van der Waals surface area (Å²) < 4.78 is 34.8. The number of rotatable bonds is 4. The molecule has 2 aliphatic rings. The lowest BCUT2D eigenvalue weighted by Gasteiger charge is -2.33. The maximum Gasteiger partial charge on any atom is 0.231 e. The number of ether oxygens (including phenoxy) is 2. The molecule has 0 aliphatic carbocycles. The second-order valence-corrected chi connectivity index (χ2v) is 9.07. The number of hydrogen-bond donors (Lipinski definition) is 0. The van der Waals surface area contributed by atoms with E-state index in [0.29, 0.717) is 30.3 Å². The Morgan fingerprint density at radius 2 is 2.11 bits per heavy atom. The highest BCUT2D eigenvalue weighted by Crippen LogP contribution is 2.33. The number of aromatic nitrogens is 2. The van der Waals surface area contributed by atoms with E-state index in [4.69, 9.17) is 9.47 Å². The van der Waals surface area contributed by atoms with Crippen molar-refractivity contribution in [3.05, 3.63) is 42.0 Å². The number of piperidine rings is 1. The van der Waals surface area contributed by atoms with Gasteiger partial charge in [0.15, 0.2) is 21.3 Å². The molecule has 0 N–H and O–H groups in total. The Labute approximate surface area is 163 Å². The molecule has 2 aromatic rings. The SMILES string of the molecule is CS(=O)(=O)c1cncnc1C1CCCN(C(=O)Cc2ccc3c(c2)OCO3)C1. The molecule has 0 saturated carbocycles. The zero-order chi connectivity index (χ0) is 19.7. The standard InChI is InChI=1S/C19H21N3O5S/c1-28(24,25)17-9-20-11-21-19(17)14-3-2-6-22(10-14)18(23)8-13-4-5-15-16(7-13)27-12-26-15/h4-5,7,9,11,14H,2-3,6,8,10,12H2,1H3. The van der Waals surface area contributed by atoms with Crippen LogP contribution in [-0.2, 0) is 21.1 Å². The van der Waals surface area contributed by atoms with Crippen molar-refractivity contribution in [2.75, 3.05) is 26.1 Å². The highest BCUT2D eigenvalue weighted by Gasteiger charge is 2.29. The monoisotopic (exact) mass is 403 g/mol. The van der Waals surface area contributed by atoms with Crippen molar-refractivity contribution in [2.24, 2.45) is 0 Å². The molecular weight excluding hydrogens is 382 g/mol. The first kappa shape index (κ1) is 18.7. The fourth-order valence-electron chi connectivity index (χ4n) is 3.68. The van der Waals surface area contributed by atoms with Gasteiger partial charge in [-0.15, -0.1) is 0 Å². The predicted molar refractivity (Wildman–Crippen MR) is 100.0 cm³/mol. The van der Waals surface area contributed by atoms with Crippen LogP contribution in [0.15, 0.2) is 35.6 Å². The van der Waals surface area contributed by atoms with Gasteiger partial charge in [0, 0.05) is 31.5 Å². The van der Waals surface area contributed by atoms with Gasteiger partial charge in [-0.05, 0) is 30.5 Å². The molecule has 3 heterocycles. The van der Waals surface area contributed by atoms with Crippen molar-refractivity contribution < 1.29 is 22.7 Å². The Hall–Kier alpha value is -2.68. The molecular formula is C19H21N3O5S. The number of benzene rings is 1. The molecule has 2 aliphatic heterocycles. The van der Waals surface area contributed by atoms with E-state index in [0.717, 1.165) is 24.7 Å². The van der Waals surface area contributed by atoms with Gasteiger partial charge in [-0.25, -0.2) is 18.4 Å². The normalized spacial score (nSPS) is 18.9. The number of nitrogens with zero attached hydrogens (tertiary/aromatic N) is 3. The Morgan fingerprint density at radius 1 is 1.29 bits per heavy atom. The first-order valence-electron chi connectivity index (χ1n) is 9.08.